The molecule has 0 bridgehead atoms. The van der Waals surface area contributed by atoms with Crippen molar-refractivity contribution in [1.29, 1.82) is 0 Å². The molecule has 0 atom stereocenters. The van der Waals surface area contributed by atoms with Gasteiger partial charge in [-0.1, -0.05) is 0 Å². The second-order valence-electron chi connectivity index (χ2n) is 4.18. The van der Waals surface area contributed by atoms with Crippen LogP contribution in [0.4, 0.5) is 0 Å². The minimum absolute atomic E-state index is 0.802. The Morgan fingerprint density at radius 3 is 2.69 bits per heavy atom. The van der Waals surface area contributed by atoms with Crippen LogP contribution in [0.15, 0.2) is 0 Å². The van der Waals surface area contributed by atoms with E-state index >= 15 is 0 Å². The Morgan fingerprint density at radius 1 is 1.44 bits per heavy atom. The number of hydrogen-bond acceptors (Lipinski definition) is 4. The lowest BCUT2D eigenvalue weighted by molar-refractivity contribution is 0.365. The summed E-state index contributed by atoms with van der Waals surface area (Å²) < 4.78 is 7.10. The summed E-state index contributed by atoms with van der Waals surface area (Å²) in [5.74, 6) is 0.842. The van der Waals surface area contributed by atoms with Crippen molar-refractivity contribution in [2.45, 2.75) is 13.5 Å². The number of methoxy groups -OCH3 is 1. The molecular weight excluding hydrogens is 204 g/mol. The zero-order chi connectivity index (χ0) is 12.1. The van der Waals surface area contributed by atoms with Gasteiger partial charge < -0.3 is 15.0 Å². The number of aromatic nitrogens is 2. The highest BCUT2D eigenvalue weighted by Crippen LogP contribution is 2.20. The average molecular weight is 226 g/mol. The monoisotopic (exact) mass is 226 g/mol. The summed E-state index contributed by atoms with van der Waals surface area (Å²) in [4.78, 5) is 2.15. The maximum absolute atomic E-state index is 5.33. The number of nitrogens with zero attached hydrogens (tertiary/aromatic N) is 3. The highest BCUT2D eigenvalue weighted by Gasteiger charge is 2.12. The Kier molecular flexibility index (Phi) is 4.76. The van der Waals surface area contributed by atoms with E-state index in [0.717, 1.165) is 36.8 Å². The third-order valence-electron chi connectivity index (χ3n) is 2.52. The lowest BCUT2D eigenvalue weighted by atomic mass is 10.2. The van der Waals surface area contributed by atoms with Gasteiger partial charge >= 0.3 is 0 Å². The molecule has 5 heteroatoms. The van der Waals surface area contributed by atoms with Gasteiger partial charge in [-0.2, -0.15) is 5.10 Å². The van der Waals surface area contributed by atoms with Crippen LogP contribution >= 0.6 is 0 Å². The number of ether oxygens (including phenoxy) is 1. The molecule has 0 saturated heterocycles. The van der Waals surface area contributed by atoms with E-state index in [2.05, 4.69) is 29.4 Å². The van der Waals surface area contributed by atoms with Crippen molar-refractivity contribution < 1.29 is 4.74 Å². The quantitative estimate of drug-likeness (QED) is 0.713. The smallest absolute Gasteiger partial charge is 0.216 e. The van der Waals surface area contributed by atoms with Gasteiger partial charge in [0.25, 0.3) is 0 Å². The molecule has 0 fully saturated rings. The molecule has 1 aromatic heterocycles. The van der Waals surface area contributed by atoms with Crippen LogP contribution in [0.5, 0.6) is 5.88 Å². The maximum Gasteiger partial charge on any atom is 0.216 e. The third kappa shape index (κ3) is 3.21. The molecule has 1 heterocycles. The Labute approximate surface area is 97.4 Å². The normalized spacial score (nSPS) is 11.1. The Bertz CT molecular complexity index is 333. The predicted octanol–water partition coefficient (Wildman–Crippen LogP) is 0.388. The zero-order valence-corrected chi connectivity index (χ0v) is 10.9. The zero-order valence-electron chi connectivity index (χ0n) is 10.9. The van der Waals surface area contributed by atoms with E-state index in [1.807, 2.05) is 14.0 Å². The SMILES string of the molecule is COc1c(CNCCN(C)C)c(C)nn1C. The van der Waals surface area contributed by atoms with Crippen LogP contribution in [0, 0.1) is 6.92 Å². The van der Waals surface area contributed by atoms with E-state index in [9.17, 15) is 0 Å². The number of hydrogen-bond donors (Lipinski definition) is 1. The molecule has 0 aliphatic rings. The minimum Gasteiger partial charge on any atom is -0.481 e. The molecule has 0 aliphatic heterocycles. The van der Waals surface area contributed by atoms with E-state index in [1.165, 1.54) is 0 Å². The molecule has 92 valence electrons. The second-order valence-corrected chi connectivity index (χ2v) is 4.18. The van der Waals surface area contributed by atoms with Crippen molar-refractivity contribution in [3.05, 3.63) is 11.3 Å². The molecule has 0 aliphatic carbocycles. The van der Waals surface area contributed by atoms with Gasteiger partial charge in [-0.15, -0.1) is 0 Å². The summed E-state index contributed by atoms with van der Waals surface area (Å²) >= 11 is 0. The van der Waals surface area contributed by atoms with Gasteiger partial charge in [0, 0.05) is 26.7 Å². The molecule has 1 rings (SSSR count). The fourth-order valence-corrected chi connectivity index (χ4v) is 1.66. The topological polar surface area (TPSA) is 42.3 Å². The Balaban J connectivity index is 2.53. The van der Waals surface area contributed by atoms with Crippen molar-refractivity contribution in [3.63, 3.8) is 0 Å². The van der Waals surface area contributed by atoms with Crippen LogP contribution in [0.1, 0.15) is 11.3 Å². The van der Waals surface area contributed by atoms with Crippen LogP contribution in [-0.4, -0.2) is 49.0 Å². The molecule has 0 saturated carbocycles. The van der Waals surface area contributed by atoms with Crippen molar-refractivity contribution in [2.75, 3.05) is 34.3 Å². The van der Waals surface area contributed by atoms with Crippen LogP contribution in [0.3, 0.4) is 0 Å². The molecule has 0 spiro atoms. The van der Waals surface area contributed by atoms with Crippen molar-refractivity contribution >= 4 is 0 Å². The Morgan fingerprint density at radius 2 is 2.12 bits per heavy atom. The van der Waals surface area contributed by atoms with E-state index in [4.69, 9.17) is 4.74 Å². The maximum atomic E-state index is 5.33. The lowest BCUT2D eigenvalue weighted by Crippen LogP contribution is -2.26. The molecule has 0 radical (unpaired) electrons. The summed E-state index contributed by atoms with van der Waals surface area (Å²) in [7, 11) is 7.71. The lowest BCUT2D eigenvalue weighted by Gasteiger charge is -2.10. The van der Waals surface area contributed by atoms with Gasteiger partial charge in [-0.25, -0.2) is 4.68 Å². The minimum atomic E-state index is 0.802. The number of likely N-dealkylation sites (N-methyl/N-ethyl adjacent to an activating group) is 1. The standard InChI is InChI=1S/C11H22N4O/c1-9-10(8-12-6-7-14(2)3)11(16-5)15(4)13-9/h12H,6-8H2,1-5H3. The van der Waals surface area contributed by atoms with Crippen LogP contribution in [0.25, 0.3) is 0 Å². The van der Waals surface area contributed by atoms with E-state index in [1.54, 1.807) is 11.8 Å². The first-order chi connectivity index (χ1) is 7.56. The summed E-state index contributed by atoms with van der Waals surface area (Å²) in [5, 5.41) is 7.72. The molecule has 1 aromatic rings. The van der Waals surface area contributed by atoms with Gasteiger partial charge in [-0.05, 0) is 21.0 Å². The summed E-state index contributed by atoms with van der Waals surface area (Å²) in [6.45, 7) is 4.80. The van der Waals surface area contributed by atoms with Gasteiger partial charge in [0.15, 0.2) is 0 Å². The van der Waals surface area contributed by atoms with E-state index in [0.29, 0.717) is 0 Å². The molecule has 5 nitrogen and oxygen atoms in total. The second kappa shape index (κ2) is 5.86. The fourth-order valence-electron chi connectivity index (χ4n) is 1.66. The van der Waals surface area contributed by atoms with E-state index < -0.39 is 0 Å². The van der Waals surface area contributed by atoms with Crippen molar-refractivity contribution in [2.24, 2.45) is 7.05 Å². The molecule has 0 aromatic carbocycles. The molecular formula is C11H22N4O. The number of nitrogens with one attached hydrogen (secondary N) is 1. The first-order valence-electron chi connectivity index (χ1n) is 5.48. The van der Waals surface area contributed by atoms with E-state index in [-0.39, 0.29) is 0 Å². The number of rotatable bonds is 6. The van der Waals surface area contributed by atoms with Crippen molar-refractivity contribution in [3.8, 4) is 5.88 Å². The first kappa shape index (κ1) is 13.0. The van der Waals surface area contributed by atoms with Gasteiger partial charge in [0.2, 0.25) is 5.88 Å². The third-order valence-corrected chi connectivity index (χ3v) is 2.52. The Hall–Kier alpha value is -1.07. The highest BCUT2D eigenvalue weighted by molar-refractivity contribution is 5.30. The fraction of sp³-hybridized carbons (Fsp3) is 0.727. The molecule has 1 N–H and O–H groups in total. The van der Waals surface area contributed by atoms with Crippen LogP contribution < -0.4 is 10.1 Å². The first-order valence-corrected chi connectivity index (χ1v) is 5.48. The van der Waals surface area contributed by atoms with Crippen LogP contribution in [0.2, 0.25) is 0 Å². The average Bonchev–Trinajstić information content (AvgIpc) is 2.47. The summed E-state index contributed by atoms with van der Waals surface area (Å²) in [6, 6.07) is 0. The van der Waals surface area contributed by atoms with Gasteiger partial charge in [0.1, 0.15) is 0 Å². The van der Waals surface area contributed by atoms with Gasteiger partial charge in [0.05, 0.1) is 18.4 Å². The largest absolute Gasteiger partial charge is 0.481 e. The molecule has 16 heavy (non-hydrogen) atoms. The summed E-state index contributed by atoms with van der Waals surface area (Å²) in [6.07, 6.45) is 0. The molecule has 0 amide bonds. The van der Waals surface area contributed by atoms with Crippen LogP contribution in [-0.2, 0) is 13.6 Å². The van der Waals surface area contributed by atoms with Crippen molar-refractivity contribution in [1.82, 2.24) is 20.0 Å². The van der Waals surface area contributed by atoms with Gasteiger partial charge in [-0.3, -0.25) is 0 Å². The highest BCUT2D eigenvalue weighted by atomic mass is 16.5. The predicted molar refractivity (Wildman–Crippen MR) is 64.8 cm³/mol. The summed E-state index contributed by atoms with van der Waals surface area (Å²) in [5.41, 5.74) is 2.17. The number of aryl methyl sites for hydroxylation is 2. The molecule has 0 unspecified atom stereocenters.